The van der Waals surface area contributed by atoms with Crippen molar-refractivity contribution in [3.8, 4) is 0 Å². The number of ether oxygens (including phenoxy) is 1. The molecule has 1 aliphatic rings. The lowest BCUT2D eigenvalue weighted by molar-refractivity contribution is -0.385. The van der Waals surface area contributed by atoms with Gasteiger partial charge in [0.05, 0.1) is 16.2 Å². The van der Waals surface area contributed by atoms with Gasteiger partial charge >= 0.3 is 5.97 Å². The van der Waals surface area contributed by atoms with Crippen molar-refractivity contribution in [1.82, 2.24) is 4.90 Å². The van der Waals surface area contributed by atoms with Crippen LogP contribution in [-0.4, -0.2) is 66.5 Å². The van der Waals surface area contributed by atoms with Gasteiger partial charge in [-0.05, 0) is 29.3 Å². The fourth-order valence-corrected chi connectivity index (χ4v) is 4.73. The zero-order chi connectivity index (χ0) is 26.9. The van der Waals surface area contributed by atoms with Gasteiger partial charge in [0, 0.05) is 17.9 Å². The lowest BCUT2D eigenvalue weighted by atomic mass is 10.0. The molecule has 37 heavy (non-hydrogen) atoms. The van der Waals surface area contributed by atoms with Crippen LogP contribution in [0.4, 0.5) is 5.69 Å². The van der Waals surface area contributed by atoms with Crippen molar-refractivity contribution in [3.05, 3.63) is 87.5 Å². The molecule has 0 aromatic heterocycles. The normalized spacial score (nSPS) is 13.9. The Kier molecular flexibility index (Phi) is 6.86. The highest BCUT2D eigenvalue weighted by Crippen LogP contribution is 2.33. The molecule has 0 radical (unpaired) electrons. The molecule has 3 aromatic rings. The number of ketones is 1. The number of hydrogen-bond acceptors (Lipinski definition) is 9. The lowest BCUT2D eigenvalue weighted by Crippen LogP contribution is -2.47. The van der Waals surface area contributed by atoms with Gasteiger partial charge in [-0.2, -0.15) is 0 Å². The Morgan fingerprint density at radius 2 is 1.70 bits per heavy atom. The van der Waals surface area contributed by atoms with Crippen LogP contribution < -0.4 is 0 Å². The number of carbonyl (C=O) groups excluding carboxylic acids is 4. The molecule has 0 fully saturated rings. The molecule has 0 aliphatic carbocycles. The molecule has 1 aliphatic heterocycles. The minimum atomic E-state index is -3.63. The van der Waals surface area contributed by atoms with Crippen molar-refractivity contribution in [3.63, 3.8) is 0 Å². The maximum absolute atomic E-state index is 13.1. The molecule has 12 heteroatoms. The molecular weight excluding hydrogens is 504 g/mol. The van der Waals surface area contributed by atoms with E-state index in [9.17, 15) is 37.7 Å². The van der Waals surface area contributed by atoms with Crippen LogP contribution in [0.5, 0.6) is 0 Å². The number of Topliss-reactive ketones (excluding diaryl/α,β-unsaturated/α-hetero) is 1. The standard InChI is InChI=1S/C25H20N2O9S/c1-37(34,35)12-11-20(26-23(29)18-7-4-8-19(27(32)33)22(18)24(26)30)25(31)36-14-21(28)17-10-9-15-5-2-3-6-16(15)13-17/h2-10,13,20H,11-12,14H2,1H3/t20-/m1/s1. The number of benzene rings is 3. The number of hydrogen-bond donors (Lipinski definition) is 0. The van der Waals surface area contributed by atoms with Gasteiger partial charge < -0.3 is 4.74 Å². The first-order valence-electron chi connectivity index (χ1n) is 11.0. The third-order valence-electron chi connectivity index (χ3n) is 5.88. The fourth-order valence-electron chi connectivity index (χ4n) is 4.08. The Bertz CT molecular complexity index is 1580. The summed E-state index contributed by atoms with van der Waals surface area (Å²) in [6, 6.07) is 14.0. The van der Waals surface area contributed by atoms with E-state index in [1.807, 2.05) is 12.1 Å². The number of nitrogens with zero attached hydrogens (tertiary/aromatic N) is 2. The molecule has 1 atom stereocenters. The highest BCUT2D eigenvalue weighted by molar-refractivity contribution is 7.90. The van der Waals surface area contributed by atoms with Crippen LogP contribution in [-0.2, 0) is 19.4 Å². The molecule has 0 saturated carbocycles. The Hall–Kier alpha value is -4.45. The van der Waals surface area contributed by atoms with Crippen LogP contribution in [0.15, 0.2) is 60.7 Å². The Balaban J connectivity index is 1.58. The number of fused-ring (bicyclic) bond motifs is 2. The van der Waals surface area contributed by atoms with Crippen LogP contribution in [0.2, 0.25) is 0 Å². The minimum Gasteiger partial charge on any atom is -0.456 e. The van der Waals surface area contributed by atoms with Gasteiger partial charge in [-0.15, -0.1) is 0 Å². The minimum absolute atomic E-state index is 0.260. The van der Waals surface area contributed by atoms with E-state index in [4.69, 9.17) is 4.74 Å². The van der Waals surface area contributed by atoms with E-state index in [0.29, 0.717) is 4.90 Å². The van der Waals surface area contributed by atoms with E-state index < -0.39 is 74.4 Å². The summed E-state index contributed by atoms with van der Waals surface area (Å²) in [5.74, 6) is -4.45. The van der Waals surface area contributed by atoms with Crippen LogP contribution in [0.3, 0.4) is 0 Å². The predicted molar refractivity (Wildman–Crippen MR) is 131 cm³/mol. The second-order valence-corrected chi connectivity index (χ2v) is 10.7. The van der Waals surface area contributed by atoms with Crippen LogP contribution >= 0.6 is 0 Å². The van der Waals surface area contributed by atoms with Crippen LogP contribution in [0.1, 0.15) is 37.5 Å². The molecule has 3 aromatic carbocycles. The second-order valence-electron chi connectivity index (χ2n) is 8.46. The van der Waals surface area contributed by atoms with Crippen LogP contribution in [0.25, 0.3) is 10.8 Å². The molecule has 4 rings (SSSR count). The topological polar surface area (TPSA) is 158 Å². The summed E-state index contributed by atoms with van der Waals surface area (Å²) < 4.78 is 28.7. The average Bonchev–Trinajstić information content (AvgIpc) is 3.11. The van der Waals surface area contributed by atoms with Gasteiger partial charge in [0.15, 0.2) is 12.4 Å². The fraction of sp³-hybridized carbons (Fsp3) is 0.200. The first-order valence-corrected chi connectivity index (χ1v) is 13.1. The smallest absolute Gasteiger partial charge is 0.329 e. The van der Waals surface area contributed by atoms with Crippen molar-refractivity contribution in [2.75, 3.05) is 18.6 Å². The van der Waals surface area contributed by atoms with E-state index in [-0.39, 0.29) is 11.1 Å². The van der Waals surface area contributed by atoms with Crippen molar-refractivity contribution < 1.29 is 37.3 Å². The first kappa shape index (κ1) is 25.6. The molecule has 0 saturated heterocycles. The number of nitro groups is 1. The SMILES string of the molecule is CS(=O)(=O)CC[C@H](C(=O)OCC(=O)c1ccc2ccccc2c1)N1C(=O)c2cccc([N+](=O)[O-])c2C1=O. The lowest BCUT2D eigenvalue weighted by Gasteiger charge is -2.24. The number of carbonyl (C=O) groups is 4. The van der Waals surface area contributed by atoms with Gasteiger partial charge in [0.1, 0.15) is 21.4 Å². The zero-order valence-corrected chi connectivity index (χ0v) is 20.3. The van der Waals surface area contributed by atoms with Crippen LogP contribution in [0, 0.1) is 10.1 Å². The summed E-state index contributed by atoms with van der Waals surface area (Å²) in [7, 11) is -3.63. The van der Waals surface area contributed by atoms with Crippen molar-refractivity contribution >= 4 is 49.9 Å². The number of imide groups is 1. The Labute approximate surface area is 210 Å². The largest absolute Gasteiger partial charge is 0.456 e. The molecule has 0 spiro atoms. The molecule has 0 bridgehead atoms. The molecule has 11 nitrogen and oxygen atoms in total. The van der Waals surface area contributed by atoms with E-state index in [0.717, 1.165) is 23.1 Å². The molecule has 1 heterocycles. The number of sulfone groups is 1. The quantitative estimate of drug-likeness (QED) is 0.135. The van der Waals surface area contributed by atoms with E-state index >= 15 is 0 Å². The van der Waals surface area contributed by atoms with Gasteiger partial charge in [-0.25, -0.2) is 13.2 Å². The summed E-state index contributed by atoms with van der Waals surface area (Å²) >= 11 is 0. The zero-order valence-electron chi connectivity index (χ0n) is 19.4. The summed E-state index contributed by atoms with van der Waals surface area (Å²) in [5.41, 5.74) is -1.15. The molecular formula is C25H20N2O9S. The number of esters is 1. The third-order valence-corrected chi connectivity index (χ3v) is 6.86. The highest BCUT2D eigenvalue weighted by Gasteiger charge is 2.47. The number of nitro benzene ring substituents is 1. The third kappa shape index (κ3) is 5.23. The molecule has 0 unspecified atom stereocenters. The van der Waals surface area contributed by atoms with E-state index in [2.05, 4.69) is 0 Å². The monoisotopic (exact) mass is 524 g/mol. The van der Waals surface area contributed by atoms with Crippen molar-refractivity contribution in [2.45, 2.75) is 12.5 Å². The number of rotatable bonds is 9. The first-order chi connectivity index (χ1) is 17.5. The average molecular weight is 525 g/mol. The Morgan fingerprint density at radius 1 is 1.00 bits per heavy atom. The summed E-state index contributed by atoms with van der Waals surface area (Å²) in [6.07, 6.45) is 0.396. The molecule has 0 N–H and O–H groups in total. The van der Waals surface area contributed by atoms with E-state index in [1.54, 1.807) is 30.3 Å². The van der Waals surface area contributed by atoms with Gasteiger partial charge in [-0.1, -0.05) is 42.5 Å². The van der Waals surface area contributed by atoms with Crippen molar-refractivity contribution in [2.24, 2.45) is 0 Å². The number of amides is 2. The second kappa shape index (κ2) is 9.90. The predicted octanol–water partition coefficient (Wildman–Crippen LogP) is 2.57. The maximum Gasteiger partial charge on any atom is 0.329 e. The van der Waals surface area contributed by atoms with Gasteiger partial charge in [0.25, 0.3) is 17.5 Å². The Morgan fingerprint density at radius 3 is 2.38 bits per heavy atom. The van der Waals surface area contributed by atoms with Crippen molar-refractivity contribution in [1.29, 1.82) is 0 Å². The van der Waals surface area contributed by atoms with Gasteiger partial charge in [0.2, 0.25) is 0 Å². The summed E-state index contributed by atoms with van der Waals surface area (Å²) in [5, 5.41) is 13.1. The summed E-state index contributed by atoms with van der Waals surface area (Å²) in [6.45, 7) is -0.726. The molecule has 190 valence electrons. The molecule has 2 amide bonds. The maximum atomic E-state index is 13.1. The van der Waals surface area contributed by atoms with Gasteiger partial charge in [-0.3, -0.25) is 29.4 Å². The highest BCUT2D eigenvalue weighted by atomic mass is 32.2. The summed E-state index contributed by atoms with van der Waals surface area (Å²) in [4.78, 5) is 62.8. The van der Waals surface area contributed by atoms with E-state index in [1.165, 1.54) is 12.1 Å².